The van der Waals surface area contributed by atoms with E-state index in [1.165, 1.54) is 35.4 Å². The first kappa shape index (κ1) is 16.4. The van der Waals surface area contributed by atoms with Crippen molar-refractivity contribution >= 4 is 5.91 Å². The molecule has 1 N–H and O–H groups in total. The molecule has 0 bridgehead atoms. The Balaban J connectivity index is 1.99. The van der Waals surface area contributed by atoms with Crippen LogP contribution in [0.25, 0.3) is 0 Å². The highest BCUT2D eigenvalue weighted by molar-refractivity contribution is 5.92. The number of amides is 1. The Hall–Kier alpha value is -2.41. The van der Waals surface area contributed by atoms with E-state index in [2.05, 4.69) is 4.98 Å². The molecular formula is C17H15F3N2O2. The minimum Gasteiger partial charge on any atom is -0.391 e. The number of aliphatic hydroxyl groups excluding tert-OH is 1. The second-order valence-electron chi connectivity index (χ2n) is 5.66. The van der Waals surface area contributed by atoms with Crippen molar-refractivity contribution in [2.45, 2.75) is 24.7 Å². The van der Waals surface area contributed by atoms with Crippen molar-refractivity contribution < 1.29 is 23.1 Å². The Morgan fingerprint density at radius 1 is 1.17 bits per heavy atom. The summed E-state index contributed by atoms with van der Waals surface area (Å²) in [4.78, 5) is 17.8. The predicted molar refractivity (Wildman–Crippen MR) is 80.1 cm³/mol. The molecule has 3 rings (SSSR count). The third kappa shape index (κ3) is 3.12. The smallest absolute Gasteiger partial charge is 0.391 e. The number of hydrogen-bond acceptors (Lipinski definition) is 3. The average molecular weight is 336 g/mol. The number of nitrogens with zero attached hydrogens (tertiary/aromatic N) is 2. The number of hydrogen-bond donors (Lipinski definition) is 1. The molecule has 1 aliphatic rings. The third-order valence-electron chi connectivity index (χ3n) is 4.05. The largest absolute Gasteiger partial charge is 0.416 e. The highest BCUT2D eigenvalue weighted by Crippen LogP contribution is 2.40. The van der Waals surface area contributed by atoms with Crippen LogP contribution < -0.4 is 0 Å². The third-order valence-corrected chi connectivity index (χ3v) is 4.05. The van der Waals surface area contributed by atoms with Gasteiger partial charge in [-0.05, 0) is 30.2 Å². The summed E-state index contributed by atoms with van der Waals surface area (Å²) in [7, 11) is 0. The zero-order valence-corrected chi connectivity index (χ0v) is 12.6. The van der Waals surface area contributed by atoms with E-state index in [4.69, 9.17) is 0 Å². The molecule has 4 nitrogen and oxygen atoms in total. The molecule has 1 saturated heterocycles. The molecule has 1 aromatic carbocycles. The molecule has 1 aliphatic heterocycles. The number of pyridine rings is 1. The van der Waals surface area contributed by atoms with Gasteiger partial charge in [0.05, 0.1) is 17.7 Å². The summed E-state index contributed by atoms with van der Waals surface area (Å²) in [5, 5.41) is 9.93. The normalized spacial score (nSPS) is 21.1. The molecule has 2 aromatic rings. The lowest BCUT2D eigenvalue weighted by Gasteiger charge is -2.26. The average Bonchev–Trinajstić information content (AvgIpc) is 2.96. The van der Waals surface area contributed by atoms with Gasteiger partial charge in [-0.25, -0.2) is 0 Å². The topological polar surface area (TPSA) is 53.4 Å². The lowest BCUT2D eigenvalue weighted by atomic mass is 9.97. The van der Waals surface area contributed by atoms with Crippen LogP contribution in [-0.4, -0.2) is 33.5 Å². The fourth-order valence-corrected chi connectivity index (χ4v) is 3.02. The van der Waals surface area contributed by atoms with Crippen molar-refractivity contribution in [2.75, 3.05) is 6.54 Å². The second-order valence-corrected chi connectivity index (χ2v) is 5.66. The fraction of sp³-hybridized carbons (Fsp3) is 0.294. The molecule has 1 aromatic heterocycles. The summed E-state index contributed by atoms with van der Waals surface area (Å²) in [5.74, 6) is -0.492. The predicted octanol–water partition coefficient (Wildman–Crippen LogP) is 3.05. The Morgan fingerprint density at radius 2 is 1.88 bits per heavy atom. The van der Waals surface area contributed by atoms with Crippen LogP contribution in [0.4, 0.5) is 13.2 Å². The molecule has 24 heavy (non-hydrogen) atoms. The van der Waals surface area contributed by atoms with E-state index >= 15 is 0 Å². The molecule has 0 unspecified atom stereocenters. The number of aliphatic hydroxyl groups is 1. The van der Waals surface area contributed by atoms with Crippen molar-refractivity contribution in [1.29, 1.82) is 0 Å². The lowest BCUT2D eigenvalue weighted by Crippen LogP contribution is -2.33. The Labute approximate surface area is 136 Å². The van der Waals surface area contributed by atoms with Crippen molar-refractivity contribution in [3.05, 3.63) is 65.5 Å². The molecule has 7 heteroatoms. The number of carbonyl (C=O) groups is 1. The number of benzene rings is 1. The van der Waals surface area contributed by atoms with Crippen LogP contribution >= 0.6 is 0 Å². The highest BCUT2D eigenvalue weighted by atomic mass is 19.4. The van der Waals surface area contributed by atoms with Crippen molar-refractivity contribution in [3.63, 3.8) is 0 Å². The van der Waals surface area contributed by atoms with Gasteiger partial charge in [0.15, 0.2) is 0 Å². The standard InChI is InChI=1S/C17H15F3N2O2/c18-17(19,20)13-6-2-1-5-12(13)15-9-11(23)10-22(15)16(24)14-7-3-4-8-21-14/h1-8,11,15,23H,9-10H2/t11-,15+/m1/s1. The highest BCUT2D eigenvalue weighted by Gasteiger charge is 2.41. The van der Waals surface area contributed by atoms with Crippen LogP contribution in [0.2, 0.25) is 0 Å². The molecule has 2 atom stereocenters. The van der Waals surface area contributed by atoms with Crippen LogP contribution in [0.3, 0.4) is 0 Å². The van der Waals surface area contributed by atoms with Crippen LogP contribution in [-0.2, 0) is 6.18 Å². The molecule has 0 radical (unpaired) electrons. The second kappa shape index (κ2) is 6.24. The fourth-order valence-electron chi connectivity index (χ4n) is 3.02. The van der Waals surface area contributed by atoms with E-state index in [1.807, 2.05) is 0 Å². The molecule has 1 amide bonds. The van der Waals surface area contributed by atoms with E-state index in [-0.39, 0.29) is 24.2 Å². The van der Waals surface area contributed by atoms with Crippen LogP contribution in [0.1, 0.15) is 34.1 Å². The van der Waals surface area contributed by atoms with E-state index in [0.717, 1.165) is 6.07 Å². The van der Waals surface area contributed by atoms with E-state index in [1.54, 1.807) is 12.1 Å². The number of β-amino-alcohol motifs (C(OH)–C–C–N with tert-alkyl or cyclic N) is 1. The minimum absolute atomic E-state index is 0.00849. The van der Waals surface area contributed by atoms with Crippen molar-refractivity contribution in [2.24, 2.45) is 0 Å². The van der Waals surface area contributed by atoms with E-state index in [9.17, 15) is 23.1 Å². The minimum atomic E-state index is -4.52. The number of carbonyl (C=O) groups excluding carboxylic acids is 1. The molecule has 0 spiro atoms. The number of halogens is 3. The van der Waals surface area contributed by atoms with Gasteiger partial charge in [0.1, 0.15) is 5.69 Å². The van der Waals surface area contributed by atoms with Crippen LogP contribution in [0.5, 0.6) is 0 Å². The zero-order valence-electron chi connectivity index (χ0n) is 12.6. The maximum Gasteiger partial charge on any atom is 0.416 e. The van der Waals surface area contributed by atoms with Crippen LogP contribution in [0, 0.1) is 0 Å². The number of aromatic nitrogens is 1. The number of likely N-dealkylation sites (tertiary alicyclic amines) is 1. The quantitative estimate of drug-likeness (QED) is 0.917. The van der Waals surface area contributed by atoms with Gasteiger partial charge in [0, 0.05) is 12.7 Å². The van der Waals surface area contributed by atoms with Crippen LogP contribution in [0.15, 0.2) is 48.7 Å². The maximum absolute atomic E-state index is 13.3. The number of rotatable bonds is 2. The van der Waals surface area contributed by atoms with Gasteiger partial charge in [0.2, 0.25) is 0 Å². The summed E-state index contributed by atoms with van der Waals surface area (Å²) in [6.07, 6.45) is -3.89. The van der Waals surface area contributed by atoms with Gasteiger partial charge in [-0.15, -0.1) is 0 Å². The first-order valence-electron chi connectivity index (χ1n) is 7.44. The summed E-state index contributed by atoms with van der Waals surface area (Å²) in [6, 6.07) is 9.08. The summed E-state index contributed by atoms with van der Waals surface area (Å²) >= 11 is 0. The molecule has 126 valence electrons. The van der Waals surface area contributed by atoms with Gasteiger partial charge in [-0.2, -0.15) is 13.2 Å². The lowest BCUT2D eigenvalue weighted by molar-refractivity contribution is -0.138. The van der Waals surface area contributed by atoms with Gasteiger partial charge in [0.25, 0.3) is 5.91 Å². The SMILES string of the molecule is O=C(c1ccccn1)N1C[C@H](O)C[C@H]1c1ccccc1C(F)(F)F. The van der Waals surface area contributed by atoms with Crippen molar-refractivity contribution in [1.82, 2.24) is 9.88 Å². The monoisotopic (exact) mass is 336 g/mol. The molecular weight excluding hydrogens is 321 g/mol. The first-order valence-corrected chi connectivity index (χ1v) is 7.44. The first-order chi connectivity index (χ1) is 11.4. The Morgan fingerprint density at radius 3 is 2.54 bits per heavy atom. The Kier molecular flexibility index (Phi) is 4.28. The summed E-state index contributed by atoms with van der Waals surface area (Å²) < 4.78 is 39.8. The number of alkyl halides is 3. The molecule has 1 fully saturated rings. The summed E-state index contributed by atoms with van der Waals surface area (Å²) in [5.41, 5.74) is -0.658. The molecule has 0 aliphatic carbocycles. The molecule has 2 heterocycles. The van der Waals surface area contributed by atoms with Crippen molar-refractivity contribution in [3.8, 4) is 0 Å². The molecule has 0 saturated carbocycles. The van der Waals surface area contributed by atoms with Gasteiger partial charge in [-0.1, -0.05) is 24.3 Å². The van der Waals surface area contributed by atoms with E-state index < -0.39 is 29.8 Å². The zero-order chi connectivity index (χ0) is 17.3. The van der Waals surface area contributed by atoms with Gasteiger partial charge < -0.3 is 10.0 Å². The van der Waals surface area contributed by atoms with Gasteiger partial charge in [-0.3, -0.25) is 9.78 Å². The van der Waals surface area contributed by atoms with E-state index in [0.29, 0.717) is 0 Å². The maximum atomic E-state index is 13.3. The summed E-state index contributed by atoms with van der Waals surface area (Å²) in [6.45, 7) is -0.0216. The Bertz CT molecular complexity index is 734. The van der Waals surface area contributed by atoms with Gasteiger partial charge >= 0.3 is 6.18 Å².